The van der Waals surface area contributed by atoms with Crippen LogP contribution in [0.4, 0.5) is 0 Å². The Morgan fingerprint density at radius 3 is 2.65 bits per heavy atom. The molecule has 0 bridgehead atoms. The third-order valence-corrected chi connectivity index (χ3v) is 3.74. The van der Waals surface area contributed by atoms with Crippen LogP contribution in [-0.4, -0.2) is 19.8 Å². The Morgan fingerprint density at radius 1 is 1.29 bits per heavy atom. The molecule has 1 atom stereocenters. The second-order valence-electron chi connectivity index (χ2n) is 4.95. The van der Waals surface area contributed by atoms with Crippen molar-refractivity contribution >= 4 is 11.3 Å². The summed E-state index contributed by atoms with van der Waals surface area (Å²) in [6, 6.07) is 4.86. The summed E-state index contributed by atoms with van der Waals surface area (Å²) in [7, 11) is 0. The zero-order valence-electron chi connectivity index (χ0n) is 11.5. The van der Waals surface area contributed by atoms with Crippen LogP contribution in [0, 0.1) is 12.8 Å². The van der Waals surface area contributed by atoms with Crippen molar-refractivity contribution in [2.45, 2.75) is 40.2 Å². The minimum atomic E-state index is 0.457. The molecule has 0 aliphatic carbocycles. The Balaban J connectivity index is 2.06. The van der Waals surface area contributed by atoms with Gasteiger partial charge in [0.15, 0.2) is 0 Å². The van der Waals surface area contributed by atoms with Gasteiger partial charge in [0.25, 0.3) is 0 Å². The standard InChI is InChI=1S/C14H25NOS/c1-11(2)10-16-9-5-8-15-13(4)14-7-6-12(3)17-14/h6-7,11,13,15H,5,8-10H2,1-4H3. The van der Waals surface area contributed by atoms with Crippen molar-refractivity contribution in [2.24, 2.45) is 5.92 Å². The summed E-state index contributed by atoms with van der Waals surface area (Å²) in [5, 5.41) is 3.53. The summed E-state index contributed by atoms with van der Waals surface area (Å²) >= 11 is 1.87. The van der Waals surface area contributed by atoms with Crippen molar-refractivity contribution in [3.8, 4) is 0 Å². The molecule has 0 radical (unpaired) electrons. The highest BCUT2D eigenvalue weighted by molar-refractivity contribution is 7.12. The average molecular weight is 255 g/mol. The Bertz CT molecular complexity index is 309. The average Bonchev–Trinajstić information content (AvgIpc) is 2.69. The molecule has 3 heteroatoms. The lowest BCUT2D eigenvalue weighted by molar-refractivity contribution is 0.107. The monoisotopic (exact) mass is 255 g/mol. The van der Waals surface area contributed by atoms with Crippen LogP contribution >= 0.6 is 11.3 Å². The van der Waals surface area contributed by atoms with E-state index < -0.39 is 0 Å². The molecule has 0 aromatic carbocycles. The van der Waals surface area contributed by atoms with Gasteiger partial charge in [-0.05, 0) is 44.9 Å². The summed E-state index contributed by atoms with van der Waals surface area (Å²) in [5.74, 6) is 0.635. The number of aryl methyl sites for hydroxylation is 1. The quantitative estimate of drug-likeness (QED) is 0.714. The van der Waals surface area contributed by atoms with Crippen molar-refractivity contribution in [2.75, 3.05) is 19.8 Å². The molecule has 1 rings (SSSR count). The lowest BCUT2D eigenvalue weighted by Gasteiger charge is -2.12. The van der Waals surface area contributed by atoms with Gasteiger partial charge in [0.05, 0.1) is 0 Å². The number of hydrogen-bond donors (Lipinski definition) is 1. The van der Waals surface area contributed by atoms with Crippen molar-refractivity contribution in [3.63, 3.8) is 0 Å². The lowest BCUT2D eigenvalue weighted by Crippen LogP contribution is -2.20. The van der Waals surface area contributed by atoms with E-state index >= 15 is 0 Å². The Kier molecular flexibility index (Phi) is 6.78. The fourth-order valence-electron chi connectivity index (χ4n) is 1.60. The topological polar surface area (TPSA) is 21.3 Å². The molecule has 2 nitrogen and oxygen atoms in total. The maximum absolute atomic E-state index is 5.55. The lowest BCUT2D eigenvalue weighted by atomic mass is 10.2. The van der Waals surface area contributed by atoms with Gasteiger partial charge in [-0.25, -0.2) is 0 Å². The van der Waals surface area contributed by atoms with Gasteiger partial charge >= 0.3 is 0 Å². The summed E-state index contributed by atoms with van der Waals surface area (Å²) < 4.78 is 5.55. The molecule has 1 aromatic heterocycles. The zero-order chi connectivity index (χ0) is 12.7. The van der Waals surface area contributed by atoms with Gasteiger partial charge in [0.2, 0.25) is 0 Å². The Morgan fingerprint density at radius 2 is 2.06 bits per heavy atom. The van der Waals surface area contributed by atoms with Gasteiger partial charge < -0.3 is 10.1 Å². The molecule has 0 aliphatic rings. The molecule has 0 aliphatic heterocycles. The van der Waals surface area contributed by atoms with Gasteiger partial charge in [-0.1, -0.05) is 13.8 Å². The molecule has 0 fully saturated rings. The largest absolute Gasteiger partial charge is 0.381 e. The molecule has 1 N–H and O–H groups in total. The van der Waals surface area contributed by atoms with Crippen LogP contribution in [0.1, 0.15) is 43.0 Å². The fraction of sp³-hybridized carbons (Fsp3) is 0.714. The molecular weight excluding hydrogens is 230 g/mol. The molecule has 17 heavy (non-hydrogen) atoms. The number of rotatable bonds is 8. The zero-order valence-corrected chi connectivity index (χ0v) is 12.3. The van der Waals surface area contributed by atoms with Crippen LogP contribution in [0.3, 0.4) is 0 Å². The van der Waals surface area contributed by atoms with Crippen LogP contribution in [0.2, 0.25) is 0 Å². The SMILES string of the molecule is Cc1ccc(C(C)NCCCOCC(C)C)s1. The van der Waals surface area contributed by atoms with E-state index in [1.165, 1.54) is 9.75 Å². The number of nitrogens with one attached hydrogen (secondary N) is 1. The maximum atomic E-state index is 5.55. The van der Waals surface area contributed by atoms with Crippen LogP contribution in [0.25, 0.3) is 0 Å². The highest BCUT2D eigenvalue weighted by Crippen LogP contribution is 2.21. The normalized spacial score (nSPS) is 13.2. The van der Waals surface area contributed by atoms with Crippen molar-refractivity contribution in [3.05, 3.63) is 21.9 Å². The van der Waals surface area contributed by atoms with E-state index in [4.69, 9.17) is 4.74 Å². The van der Waals surface area contributed by atoms with Gasteiger partial charge in [0.1, 0.15) is 0 Å². The maximum Gasteiger partial charge on any atom is 0.0489 e. The Labute approximate surface area is 109 Å². The fourth-order valence-corrected chi connectivity index (χ4v) is 2.50. The molecule has 1 aromatic rings. The smallest absolute Gasteiger partial charge is 0.0489 e. The second kappa shape index (κ2) is 7.85. The van der Waals surface area contributed by atoms with Gasteiger partial charge in [-0.15, -0.1) is 11.3 Å². The van der Waals surface area contributed by atoms with Gasteiger partial charge in [-0.2, -0.15) is 0 Å². The highest BCUT2D eigenvalue weighted by Gasteiger charge is 2.06. The number of thiophene rings is 1. The van der Waals surface area contributed by atoms with Gasteiger partial charge in [-0.3, -0.25) is 0 Å². The van der Waals surface area contributed by atoms with E-state index in [1.807, 2.05) is 11.3 Å². The van der Waals surface area contributed by atoms with E-state index in [0.717, 1.165) is 26.2 Å². The van der Waals surface area contributed by atoms with E-state index in [-0.39, 0.29) is 0 Å². The summed E-state index contributed by atoms with van der Waals surface area (Å²) in [6.45, 7) is 11.5. The van der Waals surface area contributed by atoms with E-state index in [9.17, 15) is 0 Å². The molecular formula is C14H25NOS. The van der Waals surface area contributed by atoms with E-state index in [0.29, 0.717) is 12.0 Å². The van der Waals surface area contributed by atoms with Crippen LogP contribution in [0.5, 0.6) is 0 Å². The summed E-state index contributed by atoms with van der Waals surface area (Å²) in [4.78, 5) is 2.81. The molecule has 0 saturated heterocycles. The molecule has 0 saturated carbocycles. The molecule has 0 spiro atoms. The van der Waals surface area contributed by atoms with E-state index in [2.05, 4.69) is 45.1 Å². The first kappa shape index (κ1) is 14.7. The van der Waals surface area contributed by atoms with Crippen molar-refractivity contribution < 1.29 is 4.74 Å². The van der Waals surface area contributed by atoms with Crippen molar-refractivity contribution in [1.82, 2.24) is 5.32 Å². The Hall–Kier alpha value is -0.380. The predicted octanol–water partition coefficient (Wildman–Crippen LogP) is 3.77. The first-order valence-electron chi connectivity index (χ1n) is 6.47. The van der Waals surface area contributed by atoms with E-state index in [1.54, 1.807) is 0 Å². The van der Waals surface area contributed by atoms with Crippen molar-refractivity contribution in [1.29, 1.82) is 0 Å². The predicted molar refractivity (Wildman–Crippen MR) is 75.7 cm³/mol. The summed E-state index contributed by atoms with van der Waals surface area (Å²) in [6.07, 6.45) is 1.08. The molecule has 0 amide bonds. The number of ether oxygens (including phenoxy) is 1. The van der Waals surface area contributed by atoms with Crippen LogP contribution in [-0.2, 0) is 4.74 Å². The molecule has 98 valence electrons. The molecule has 1 heterocycles. The number of hydrogen-bond acceptors (Lipinski definition) is 3. The van der Waals surface area contributed by atoms with Crippen LogP contribution < -0.4 is 5.32 Å². The minimum absolute atomic E-state index is 0.457. The highest BCUT2D eigenvalue weighted by atomic mass is 32.1. The first-order valence-corrected chi connectivity index (χ1v) is 7.28. The minimum Gasteiger partial charge on any atom is -0.381 e. The molecule has 1 unspecified atom stereocenters. The first-order chi connectivity index (χ1) is 8.09. The summed E-state index contributed by atoms with van der Waals surface area (Å²) in [5.41, 5.74) is 0. The van der Waals surface area contributed by atoms with Crippen LogP contribution in [0.15, 0.2) is 12.1 Å². The third kappa shape index (κ3) is 6.20. The second-order valence-corrected chi connectivity index (χ2v) is 6.27. The third-order valence-electron chi connectivity index (χ3n) is 2.56. The van der Waals surface area contributed by atoms with Gasteiger partial charge in [0, 0.05) is 29.0 Å².